The van der Waals surface area contributed by atoms with E-state index in [4.69, 9.17) is 4.74 Å². The summed E-state index contributed by atoms with van der Waals surface area (Å²) in [7, 11) is 0. The van der Waals surface area contributed by atoms with Crippen LogP contribution in [0, 0.1) is 11.6 Å². The highest BCUT2D eigenvalue weighted by Crippen LogP contribution is 2.09. The van der Waals surface area contributed by atoms with E-state index in [2.05, 4.69) is 5.32 Å². The average molecular weight is 277 g/mol. The number of benzene rings is 2. The predicted octanol–water partition coefficient (Wildman–Crippen LogP) is 3.39. The minimum absolute atomic E-state index is 0.0558. The van der Waals surface area contributed by atoms with Crippen molar-refractivity contribution in [1.82, 2.24) is 5.32 Å². The van der Waals surface area contributed by atoms with Crippen molar-refractivity contribution < 1.29 is 18.3 Å². The smallest absolute Gasteiger partial charge is 0.407 e. The number of ether oxygens (including phenoxy) is 1. The van der Waals surface area contributed by atoms with E-state index in [0.29, 0.717) is 0 Å². The molecule has 104 valence electrons. The highest BCUT2D eigenvalue weighted by Gasteiger charge is 2.07. The summed E-state index contributed by atoms with van der Waals surface area (Å²) in [6, 6.07) is 12.4. The van der Waals surface area contributed by atoms with E-state index in [1.54, 1.807) is 0 Å². The van der Waals surface area contributed by atoms with Crippen molar-refractivity contribution in [1.29, 1.82) is 0 Å². The van der Waals surface area contributed by atoms with Gasteiger partial charge in [-0.05, 0) is 11.6 Å². The average Bonchev–Trinajstić information content (AvgIpc) is 2.45. The molecule has 0 atom stereocenters. The second-order valence-electron chi connectivity index (χ2n) is 4.15. The maximum Gasteiger partial charge on any atom is 0.407 e. The zero-order chi connectivity index (χ0) is 14.4. The molecule has 0 aliphatic rings. The number of halogens is 2. The van der Waals surface area contributed by atoms with Gasteiger partial charge in [-0.15, -0.1) is 0 Å². The van der Waals surface area contributed by atoms with Crippen LogP contribution in [-0.4, -0.2) is 6.09 Å². The van der Waals surface area contributed by atoms with Gasteiger partial charge in [0.25, 0.3) is 0 Å². The molecule has 0 saturated heterocycles. The molecule has 0 unspecified atom stereocenters. The normalized spacial score (nSPS) is 10.1. The number of hydrogen-bond donors (Lipinski definition) is 1. The maximum atomic E-state index is 13.3. The van der Waals surface area contributed by atoms with E-state index in [1.165, 1.54) is 6.07 Å². The molecule has 2 aromatic carbocycles. The molecule has 0 heterocycles. The van der Waals surface area contributed by atoms with Crippen LogP contribution in [0.5, 0.6) is 0 Å². The van der Waals surface area contributed by atoms with Gasteiger partial charge in [0.05, 0.1) is 0 Å². The molecule has 5 heteroatoms. The molecule has 0 aliphatic carbocycles. The molecule has 0 saturated carbocycles. The van der Waals surface area contributed by atoms with Crippen LogP contribution in [0.1, 0.15) is 11.1 Å². The summed E-state index contributed by atoms with van der Waals surface area (Å²) in [6.07, 6.45) is -0.655. The summed E-state index contributed by atoms with van der Waals surface area (Å²) in [5.41, 5.74) is 1.05. The molecular weight excluding hydrogens is 264 g/mol. The van der Waals surface area contributed by atoms with Crippen LogP contribution >= 0.6 is 0 Å². The minimum Gasteiger partial charge on any atom is -0.445 e. The fourth-order valence-electron chi connectivity index (χ4n) is 1.61. The van der Waals surface area contributed by atoms with E-state index >= 15 is 0 Å². The number of alkyl carbamates (subject to hydrolysis) is 1. The molecule has 20 heavy (non-hydrogen) atoms. The zero-order valence-electron chi connectivity index (χ0n) is 10.6. The number of amides is 1. The summed E-state index contributed by atoms with van der Waals surface area (Å²) in [5.74, 6) is -1.36. The Morgan fingerprint density at radius 1 is 1.10 bits per heavy atom. The van der Waals surface area contributed by atoms with Gasteiger partial charge < -0.3 is 10.1 Å². The summed E-state index contributed by atoms with van der Waals surface area (Å²) < 4.78 is 31.0. The van der Waals surface area contributed by atoms with Crippen LogP contribution < -0.4 is 5.32 Å². The monoisotopic (exact) mass is 277 g/mol. The third-order valence-electron chi connectivity index (χ3n) is 2.65. The number of carbonyl (C=O) groups excluding carboxylic acids is 1. The molecule has 0 aromatic heterocycles. The van der Waals surface area contributed by atoms with E-state index in [9.17, 15) is 13.6 Å². The minimum atomic E-state index is -0.701. The van der Waals surface area contributed by atoms with Gasteiger partial charge in [0.15, 0.2) is 0 Å². The Labute approximate surface area is 115 Å². The lowest BCUT2D eigenvalue weighted by atomic mass is 10.2. The lowest BCUT2D eigenvalue weighted by Gasteiger charge is -2.08. The second-order valence-corrected chi connectivity index (χ2v) is 4.15. The molecule has 1 amide bonds. The van der Waals surface area contributed by atoms with Crippen LogP contribution in [0.15, 0.2) is 48.5 Å². The first-order valence-electron chi connectivity index (χ1n) is 6.03. The van der Waals surface area contributed by atoms with Gasteiger partial charge in [-0.1, -0.05) is 36.4 Å². The lowest BCUT2D eigenvalue weighted by Crippen LogP contribution is -2.24. The second kappa shape index (κ2) is 6.65. The number of nitrogens with one attached hydrogen (secondary N) is 1. The van der Waals surface area contributed by atoms with Crippen LogP contribution in [-0.2, 0) is 17.9 Å². The molecule has 0 radical (unpaired) electrons. The van der Waals surface area contributed by atoms with Crippen molar-refractivity contribution in [2.24, 2.45) is 0 Å². The molecule has 2 rings (SSSR count). The van der Waals surface area contributed by atoms with Gasteiger partial charge >= 0.3 is 6.09 Å². The third kappa shape index (κ3) is 4.05. The van der Waals surface area contributed by atoms with E-state index in [0.717, 1.165) is 17.7 Å². The topological polar surface area (TPSA) is 38.3 Å². The summed E-state index contributed by atoms with van der Waals surface area (Å²) >= 11 is 0. The Bertz CT molecular complexity index is 588. The molecule has 3 nitrogen and oxygen atoms in total. The van der Waals surface area contributed by atoms with Crippen molar-refractivity contribution in [3.05, 3.63) is 71.3 Å². The Morgan fingerprint density at radius 3 is 2.55 bits per heavy atom. The van der Waals surface area contributed by atoms with Crippen LogP contribution in [0.4, 0.5) is 13.6 Å². The van der Waals surface area contributed by atoms with E-state index in [1.807, 2.05) is 30.3 Å². The lowest BCUT2D eigenvalue weighted by molar-refractivity contribution is 0.139. The predicted molar refractivity (Wildman–Crippen MR) is 69.8 cm³/mol. The largest absolute Gasteiger partial charge is 0.445 e. The fourth-order valence-corrected chi connectivity index (χ4v) is 1.61. The van der Waals surface area contributed by atoms with Gasteiger partial charge in [-0.2, -0.15) is 0 Å². The Hall–Kier alpha value is -2.43. The molecule has 0 spiro atoms. The highest BCUT2D eigenvalue weighted by atomic mass is 19.1. The first-order valence-corrected chi connectivity index (χ1v) is 6.03. The molecule has 0 aliphatic heterocycles. The van der Waals surface area contributed by atoms with Crippen molar-refractivity contribution in [3.8, 4) is 0 Å². The summed E-state index contributed by atoms with van der Waals surface area (Å²) in [4.78, 5) is 11.4. The van der Waals surface area contributed by atoms with E-state index < -0.39 is 17.7 Å². The van der Waals surface area contributed by atoms with Gasteiger partial charge in [0.2, 0.25) is 0 Å². The third-order valence-corrected chi connectivity index (χ3v) is 2.65. The highest BCUT2D eigenvalue weighted by molar-refractivity contribution is 5.67. The molecular formula is C15H13F2NO2. The Kier molecular flexibility index (Phi) is 4.65. The number of hydrogen-bond acceptors (Lipinski definition) is 2. The van der Waals surface area contributed by atoms with Crippen LogP contribution in [0.2, 0.25) is 0 Å². The Morgan fingerprint density at radius 2 is 1.85 bits per heavy atom. The maximum absolute atomic E-state index is 13.3. The van der Waals surface area contributed by atoms with Gasteiger partial charge in [-0.3, -0.25) is 0 Å². The summed E-state index contributed by atoms with van der Waals surface area (Å²) in [6.45, 7) is 0.0817. The molecule has 2 aromatic rings. The Balaban J connectivity index is 1.80. The number of carbonyl (C=O) groups is 1. The van der Waals surface area contributed by atoms with Crippen molar-refractivity contribution in [2.45, 2.75) is 13.2 Å². The SMILES string of the molecule is O=C(NCc1ccc(F)cc1F)OCc1ccccc1. The quantitative estimate of drug-likeness (QED) is 0.930. The van der Waals surface area contributed by atoms with Crippen LogP contribution in [0.3, 0.4) is 0 Å². The molecule has 0 fully saturated rings. The first kappa shape index (κ1) is 14.0. The summed E-state index contributed by atoms with van der Waals surface area (Å²) in [5, 5.41) is 2.41. The van der Waals surface area contributed by atoms with Gasteiger partial charge in [0, 0.05) is 18.2 Å². The zero-order valence-corrected chi connectivity index (χ0v) is 10.6. The first-order chi connectivity index (χ1) is 9.65. The molecule has 0 bridgehead atoms. The van der Waals surface area contributed by atoms with Crippen molar-refractivity contribution in [2.75, 3.05) is 0 Å². The fraction of sp³-hybridized carbons (Fsp3) is 0.133. The van der Waals surface area contributed by atoms with Crippen LogP contribution in [0.25, 0.3) is 0 Å². The van der Waals surface area contributed by atoms with Crippen molar-refractivity contribution >= 4 is 6.09 Å². The van der Waals surface area contributed by atoms with E-state index in [-0.39, 0.29) is 18.7 Å². The van der Waals surface area contributed by atoms with Crippen molar-refractivity contribution in [3.63, 3.8) is 0 Å². The number of rotatable bonds is 4. The standard InChI is InChI=1S/C15H13F2NO2/c16-13-7-6-12(14(17)8-13)9-18-15(19)20-10-11-4-2-1-3-5-11/h1-8H,9-10H2,(H,18,19). The van der Waals surface area contributed by atoms with Gasteiger partial charge in [-0.25, -0.2) is 13.6 Å². The van der Waals surface area contributed by atoms with Gasteiger partial charge in [0.1, 0.15) is 18.2 Å². The molecule has 1 N–H and O–H groups in total.